The van der Waals surface area contributed by atoms with Gasteiger partial charge in [-0.2, -0.15) is 0 Å². The van der Waals surface area contributed by atoms with Crippen molar-refractivity contribution in [3.63, 3.8) is 0 Å². The van der Waals surface area contributed by atoms with Crippen LogP contribution in [0, 0.1) is 17.0 Å². The van der Waals surface area contributed by atoms with Crippen molar-refractivity contribution in [2.24, 2.45) is 0 Å². The van der Waals surface area contributed by atoms with Gasteiger partial charge in [0, 0.05) is 30.5 Å². The second-order valence-electron chi connectivity index (χ2n) is 5.07. The number of nitrogens with zero attached hydrogens (tertiary/aromatic N) is 1. The molecule has 1 aromatic rings. The standard InChI is InChI=1S/C14H19N3O4.ClH/c1-10-4-5-11(7-13(10)17(19)20)16-14(18)9-15-8-12-3-2-6-21-12;/h4-5,7,12,15H,2-3,6,8-9H2,1H3,(H,16,18);1H. The molecule has 0 spiro atoms. The number of ether oxygens (including phenoxy) is 1. The Morgan fingerprint density at radius 2 is 2.27 bits per heavy atom. The molecule has 1 aliphatic heterocycles. The first-order chi connectivity index (χ1) is 10.1. The molecule has 1 heterocycles. The van der Waals surface area contributed by atoms with E-state index in [1.807, 2.05) is 0 Å². The first kappa shape index (κ1) is 18.3. The zero-order valence-corrected chi connectivity index (χ0v) is 13.1. The summed E-state index contributed by atoms with van der Waals surface area (Å²) in [5.74, 6) is -0.230. The van der Waals surface area contributed by atoms with E-state index in [2.05, 4.69) is 10.6 Å². The van der Waals surface area contributed by atoms with Crippen LogP contribution >= 0.6 is 12.4 Å². The van der Waals surface area contributed by atoms with Crippen LogP contribution in [-0.4, -0.2) is 36.6 Å². The zero-order valence-electron chi connectivity index (χ0n) is 12.3. The van der Waals surface area contributed by atoms with Crippen molar-refractivity contribution in [1.29, 1.82) is 0 Å². The molecule has 2 N–H and O–H groups in total. The lowest BCUT2D eigenvalue weighted by molar-refractivity contribution is -0.385. The van der Waals surface area contributed by atoms with Crippen LogP contribution in [0.25, 0.3) is 0 Å². The maximum atomic E-state index is 11.8. The molecule has 1 unspecified atom stereocenters. The molecule has 2 rings (SSSR count). The Balaban J connectivity index is 0.00000242. The van der Waals surface area contributed by atoms with Gasteiger partial charge in [0.1, 0.15) is 0 Å². The number of nitrogens with one attached hydrogen (secondary N) is 2. The van der Waals surface area contributed by atoms with Gasteiger partial charge in [0.15, 0.2) is 0 Å². The summed E-state index contributed by atoms with van der Waals surface area (Å²) >= 11 is 0. The van der Waals surface area contributed by atoms with Crippen LogP contribution in [0.4, 0.5) is 11.4 Å². The minimum absolute atomic E-state index is 0. The molecule has 8 heteroatoms. The highest BCUT2D eigenvalue weighted by molar-refractivity contribution is 5.92. The molecule has 1 saturated heterocycles. The van der Waals surface area contributed by atoms with Crippen molar-refractivity contribution in [2.45, 2.75) is 25.9 Å². The van der Waals surface area contributed by atoms with Gasteiger partial charge in [0.05, 0.1) is 17.6 Å². The van der Waals surface area contributed by atoms with Gasteiger partial charge in [-0.25, -0.2) is 0 Å². The van der Waals surface area contributed by atoms with Crippen molar-refractivity contribution in [3.8, 4) is 0 Å². The summed E-state index contributed by atoms with van der Waals surface area (Å²) in [5.41, 5.74) is 0.992. The number of hydrogen-bond donors (Lipinski definition) is 2. The molecule has 0 aliphatic carbocycles. The van der Waals surface area contributed by atoms with E-state index in [0.717, 1.165) is 19.4 Å². The van der Waals surface area contributed by atoms with Crippen molar-refractivity contribution < 1.29 is 14.5 Å². The summed E-state index contributed by atoms with van der Waals surface area (Å²) in [7, 11) is 0. The first-order valence-electron chi connectivity index (χ1n) is 6.93. The van der Waals surface area contributed by atoms with Gasteiger partial charge in [-0.15, -0.1) is 12.4 Å². The molecule has 0 saturated carbocycles. The number of amides is 1. The molecule has 1 aromatic carbocycles. The Morgan fingerprint density at radius 1 is 1.50 bits per heavy atom. The molecule has 7 nitrogen and oxygen atoms in total. The molecule has 1 amide bonds. The first-order valence-corrected chi connectivity index (χ1v) is 6.93. The third-order valence-corrected chi connectivity index (χ3v) is 3.37. The molecular formula is C14H20ClN3O4. The summed E-state index contributed by atoms with van der Waals surface area (Å²) in [5, 5.41) is 16.5. The third-order valence-electron chi connectivity index (χ3n) is 3.37. The van der Waals surface area contributed by atoms with E-state index in [4.69, 9.17) is 4.74 Å². The minimum atomic E-state index is -0.458. The van der Waals surface area contributed by atoms with Gasteiger partial charge in [-0.1, -0.05) is 6.07 Å². The van der Waals surface area contributed by atoms with Gasteiger partial charge >= 0.3 is 0 Å². The lowest BCUT2D eigenvalue weighted by atomic mass is 10.2. The van der Waals surface area contributed by atoms with E-state index < -0.39 is 4.92 Å². The van der Waals surface area contributed by atoms with Crippen molar-refractivity contribution in [2.75, 3.05) is 25.0 Å². The van der Waals surface area contributed by atoms with Crippen LogP contribution in [0.15, 0.2) is 18.2 Å². The summed E-state index contributed by atoms with van der Waals surface area (Å²) in [6, 6.07) is 4.64. The van der Waals surface area contributed by atoms with Gasteiger partial charge < -0.3 is 15.4 Å². The summed E-state index contributed by atoms with van der Waals surface area (Å²) in [6.07, 6.45) is 2.25. The number of anilines is 1. The predicted molar refractivity (Wildman–Crippen MR) is 85.6 cm³/mol. The van der Waals surface area contributed by atoms with Crippen LogP contribution in [-0.2, 0) is 9.53 Å². The Labute approximate surface area is 135 Å². The van der Waals surface area contributed by atoms with Gasteiger partial charge in [0.2, 0.25) is 5.91 Å². The monoisotopic (exact) mass is 329 g/mol. The molecule has 1 atom stereocenters. The fraction of sp³-hybridized carbons (Fsp3) is 0.500. The van der Waals surface area contributed by atoms with E-state index in [-0.39, 0.29) is 36.7 Å². The highest BCUT2D eigenvalue weighted by Gasteiger charge is 2.15. The van der Waals surface area contributed by atoms with E-state index in [9.17, 15) is 14.9 Å². The Bertz CT molecular complexity index is 533. The van der Waals surface area contributed by atoms with E-state index in [0.29, 0.717) is 17.8 Å². The highest BCUT2D eigenvalue weighted by atomic mass is 35.5. The third kappa shape index (κ3) is 5.25. The molecule has 1 fully saturated rings. The minimum Gasteiger partial charge on any atom is -0.377 e. The quantitative estimate of drug-likeness (QED) is 0.615. The summed E-state index contributed by atoms with van der Waals surface area (Å²) in [6.45, 7) is 3.24. The second kappa shape index (κ2) is 8.67. The average molecular weight is 330 g/mol. The molecule has 0 aromatic heterocycles. The number of halogens is 1. The maximum absolute atomic E-state index is 11.8. The maximum Gasteiger partial charge on any atom is 0.274 e. The number of carbonyl (C=O) groups is 1. The molecule has 122 valence electrons. The van der Waals surface area contributed by atoms with Crippen molar-refractivity contribution >= 4 is 29.7 Å². The zero-order chi connectivity index (χ0) is 15.2. The highest BCUT2D eigenvalue weighted by Crippen LogP contribution is 2.22. The lowest BCUT2D eigenvalue weighted by Crippen LogP contribution is -2.33. The predicted octanol–water partition coefficient (Wildman–Crippen LogP) is 2.03. The molecule has 1 aliphatic rings. The van der Waals surface area contributed by atoms with E-state index in [1.54, 1.807) is 19.1 Å². The van der Waals surface area contributed by atoms with Crippen LogP contribution in [0.5, 0.6) is 0 Å². The number of rotatable bonds is 6. The number of benzene rings is 1. The Morgan fingerprint density at radius 3 is 2.91 bits per heavy atom. The molecule has 0 radical (unpaired) electrons. The smallest absolute Gasteiger partial charge is 0.274 e. The lowest BCUT2D eigenvalue weighted by Gasteiger charge is -2.11. The topological polar surface area (TPSA) is 93.5 Å². The van der Waals surface area contributed by atoms with Gasteiger partial charge in [0.25, 0.3) is 5.69 Å². The number of hydrogen-bond acceptors (Lipinski definition) is 5. The molecule has 22 heavy (non-hydrogen) atoms. The average Bonchev–Trinajstić information content (AvgIpc) is 2.94. The fourth-order valence-electron chi connectivity index (χ4n) is 2.24. The number of aryl methyl sites for hydroxylation is 1. The number of nitro benzene ring substituents is 1. The van der Waals surface area contributed by atoms with Crippen LogP contribution < -0.4 is 10.6 Å². The SMILES string of the molecule is Cc1ccc(NC(=O)CNCC2CCCO2)cc1[N+](=O)[O-].Cl. The van der Waals surface area contributed by atoms with Crippen LogP contribution in [0.1, 0.15) is 18.4 Å². The second-order valence-corrected chi connectivity index (χ2v) is 5.07. The molecule has 0 bridgehead atoms. The Hall–Kier alpha value is -1.70. The number of nitro groups is 1. The van der Waals surface area contributed by atoms with E-state index in [1.165, 1.54) is 6.07 Å². The fourth-order valence-corrected chi connectivity index (χ4v) is 2.24. The normalized spacial score (nSPS) is 16.9. The van der Waals surface area contributed by atoms with Crippen molar-refractivity contribution in [1.82, 2.24) is 5.32 Å². The van der Waals surface area contributed by atoms with Crippen LogP contribution in [0.3, 0.4) is 0 Å². The van der Waals surface area contributed by atoms with Gasteiger partial charge in [-0.05, 0) is 25.8 Å². The summed E-state index contributed by atoms with van der Waals surface area (Å²) < 4.78 is 5.44. The summed E-state index contributed by atoms with van der Waals surface area (Å²) in [4.78, 5) is 22.2. The largest absolute Gasteiger partial charge is 0.377 e. The Kier molecular flexibility index (Phi) is 7.23. The number of carbonyl (C=O) groups excluding carboxylic acids is 1. The van der Waals surface area contributed by atoms with Crippen LogP contribution in [0.2, 0.25) is 0 Å². The van der Waals surface area contributed by atoms with E-state index >= 15 is 0 Å². The molecular weight excluding hydrogens is 310 g/mol. The van der Waals surface area contributed by atoms with Gasteiger partial charge in [-0.3, -0.25) is 14.9 Å². The van der Waals surface area contributed by atoms with Crippen molar-refractivity contribution in [3.05, 3.63) is 33.9 Å².